The Labute approximate surface area is 117 Å². The highest BCUT2D eigenvalue weighted by Gasteiger charge is 2.62. The van der Waals surface area contributed by atoms with Crippen molar-refractivity contribution < 1.29 is 4.74 Å². The fourth-order valence-corrected chi connectivity index (χ4v) is 9.05. The lowest BCUT2D eigenvalue weighted by Crippen LogP contribution is -2.53. The van der Waals surface area contributed by atoms with Crippen molar-refractivity contribution in [2.24, 2.45) is 0 Å². The van der Waals surface area contributed by atoms with Gasteiger partial charge in [0.15, 0.2) is 0 Å². The lowest BCUT2D eigenvalue weighted by Gasteiger charge is -2.43. The van der Waals surface area contributed by atoms with Crippen LogP contribution in [0.4, 0.5) is 0 Å². The molecule has 19 heavy (non-hydrogen) atoms. The van der Waals surface area contributed by atoms with Gasteiger partial charge in [0.05, 0.1) is 0 Å². The molecule has 0 amide bonds. The second kappa shape index (κ2) is 4.06. The first-order valence-corrected chi connectivity index (χ1v) is 10.2. The number of fused-ring (bicyclic) bond motifs is 5. The molecule has 0 aliphatic carbocycles. The topological polar surface area (TPSA) is 9.23 Å². The molecule has 1 nitrogen and oxygen atoms in total. The highest BCUT2D eigenvalue weighted by Crippen LogP contribution is 2.59. The fourth-order valence-electron chi connectivity index (χ4n) is 4.32. The molecule has 2 aliphatic rings. The maximum atomic E-state index is 6.71. The van der Waals surface area contributed by atoms with Crippen molar-refractivity contribution in [3.05, 3.63) is 47.5 Å². The summed E-state index contributed by atoms with van der Waals surface area (Å²) >= 11 is 0. The molecule has 2 heteroatoms. The zero-order valence-corrected chi connectivity index (χ0v) is 13.5. The van der Waals surface area contributed by atoms with Crippen molar-refractivity contribution in [2.45, 2.75) is 56.7 Å². The van der Waals surface area contributed by atoms with E-state index in [1.807, 2.05) is 0 Å². The third-order valence-electron chi connectivity index (χ3n) is 5.69. The van der Waals surface area contributed by atoms with Crippen LogP contribution >= 0.6 is 0 Å². The fraction of sp³-hybridized carbons (Fsp3) is 0.529. The van der Waals surface area contributed by atoms with Crippen LogP contribution in [0.3, 0.4) is 0 Å². The third kappa shape index (κ3) is 1.39. The van der Waals surface area contributed by atoms with Gasteiger partial charge in [0.1, 0.15) is 18.9 Å². The molecule has 102 valence electrons. The molecule has 2 aliphatic heterocycles. The molecular weight excluding hydrogens is 248 g/mol. The molecule has 2 unspecified atom stereocenters. The zero-order chi connectivity index (χ0) is 13.7. The molecule has 1 aromatic carbocycles. The van der Waals surface area contributed by atoms with Crippen LogP contribution in [0.25, 0.3) is 0 Å². The average Bonchev–Trinajstić information content (AvgIpc) is 2.94. The summed E-state index contributed by atoms with van der Waals surface area (Å²) in [6.45, 7) is 9.31. The third-order valence-corrected chi connectivity index (χ3v) is 11.9. The van der Waals surface area contributed by atoms with E-state index in [-0.39, 0.29) is 10.8 Å². The van der Waals surface area contributed by atoms with Crippen LogP contribution < -0.4 is 0 Å². The van der Waals surface area contributed by atoms with E-state index in [0.29, 0.717) is 0 Å². The number of ether oxygens (including phenoxy) is 1. The summed E-state index contributed by atoms with van der Waals surface area (Å²) < 4.78 is 6.71. The number of rotatable bonds is 4. The Balaban J connectivity index is 2.24. The van der Waals surface area contributed by atoms with Crippen molar-refractivity contribution >= 4 is 8.07 Å². The Morgan fingerprint density at radius 1 is 0.947 bits per heavy atom. The molecule has 0 fully saturated rings. The minimum atomic E-state index is -1.50. The molecule has 1 aromatic rings. The van der Waals surface area contributed by atoms with Crippen molar-refractivity contribution in [2.75, 3.05) is 0 Å². The molecule has 0 aromatic heterocycles. The quantitative estimate of drug-likeness (QED) is 0.568. The van der Waals surface area contributed by atoms with Gasteiger partial charge in [-0.1, -0.05) is 69.2 Å². The average molecular weight is 272 g/mol. The maximum Gasteiger partial charge on any atom is 0.110 e. The predicted molar refractivity (Wildman–Crippen MR) is 82.9 cm³/mol. The number of hydrogen-bond donors (Lipinski definition) is 0. The Bertz CT molecular complexity index is 524. The lowest BCUT2D eigenvalue weighted by molar-refractivity contribution is -0.0211. The molecule has 0 spiro atoms. The molecular formula is C17H24OSi. The van der Waals surface area contributed by atoms with Crippen LogP contribution in [0.2, 0.25) is 18.1 Å². The van der Waals surface area contributed by atoms with E-state index in [2.05, 4.69) is 64.1 Å². The Hall–Kier alpha value is -0.863. The van der Waals surface area contributed by atoms with Gasteiger partial charge in [-0.25, -0.2) is 0 Å². The Morgan fingerprint density at radius 3 is 2.11 bits per heavy atom. The second-order valence-electron chi connectivity index (χ2n) is 6.16. The van der Waals surface area contributed by atoms with Gasteiger partial charge in [-0.15, -0.1) is 0 Å². The molecule has 0 N–H and O–H groups in total. The molecule has 0 radical (unpaired) electrons. The van der Waals surface area contributed by atoms with Crippen LogP contribution in [-0.4, -0.2) is 8.07 Å². The largest absolute Gasteiger partial charge is 0.355 e. The van der Waals surface area contributed by atoms with Gasteiger partial charge in [-0.05, 0) is 24.1 Å². The standard InChI is InChI=1S/C17H24OSi/c1-5-19(6-2,7-3)17-13-12-16(4,18-17)14-10-8-9-11-15(14)17/h8-13H,5-7H2,1-4H3. The van der Waals surface area contributed by atoms with Gasteiger partial charge in [-0.2, -0.15) is 0 Å². The molecule has 3 rings (SSSR count). The van der Waals surface area contributed by atoms with Crippen LogP contribution in [0, 0.1) is 0 Å². The summed E-state index contributed by atoms with van der Waals surface area (Å²) in [5, 5.41) is -0.0728. The molecule has 2 heterocycles. The summed E-state index contributed by atoms with van der Waals surface area (Å²) in [4.78, 5) is 0. The summed E-state index contributed by atoms with van der Waals surface area (Å²) in [6.07, 6.45) is 4.70. The minimum absolute atomic E-state index is 0.0728. The van der Waals surface area contributed by atoms with Crippen LogP contribution in [0.15, 0.2) is 36.4 Å². The van der Waals surface area contributed by atoms with E-state index in [1.54, 1.807) is 0 Å². The first-order chi connectivity index (χ1) is 9.07. The maximum absolute atomic E-state index is 6.71. The predicted octanol–water partition coefficient (Wildman–Crippen LogP) is 4.74. The summed E-state index contributed by atoms with van der Waals surface area (Å²) in [7, 11) is -1.50. The van der Waals surface area contributed by atoms with Crippen LogP contribution in [0.5, 0.6) is 0 Å². The van der Waals surface area contributed by atoms with Crippen molar-refractivity contribution in [1.29, 1.82) is 0 Å². The van der Waals surface area contributed by atoms with E-state index in [9.17, 15) is 0 Å². The molecule has 0 saturated carbocycles. The molecule has 2 bridgehead atoms. The molecule has 0 saturated heterocycles. The first-order valence-electron chi connectivity index (χ1n) is 7.58. The van der Waals surface area contributed by atoms with Gasteiger partial charge >= 0.3 is 0 Å². The normalized spacial score (nSPS) is 31.8. The minimum Gasteiger partial charge on any atom is -0.355 e. The highest BCUT2D eigenvalue weighted by molar-refractivity contribution is 6.82. The van der Waals surface area contributed by atoms with Gasteiger partial charge in [0, 0.05) is 0 Å². The first kappa shape index (κ1) is 13.1. The van der Waals surface area contributed by atoms with Gasteiger partial charge in [0.2, 0.25) is 0 Å². The Morgan fingerprint density at radius 2 is 1.53 bits per heavy atom. The number of hydrogen-bond acceptors (Lipinski definition) is 1. The zero-order valence-electron chi connectivity index (χ0n) is 12.5. The van der Waals surface area contributed by atoms with Gasteiger partial charge < -0.3 is 4.74 Å². The van der Waals surface area contributed by atoms with E-state index < -0.39 is 8.07 Å². The van der Waals surface area contributed by atoms with Crippen molar-refractivity contribution in [1.82, 2.24) is 0 Å². The van der Waals surface area contributed by atoms with E-state index in [0.717, 1.165) is 0 Å². The summed E-state index contributed by atoms with van der Waals surface area (Å²) in [5.74, 6) is 0. The van der Waals surface area contributed by atoms with Crippen LogP contribution in [0.1, 0.15) is 38.8 Å². The SMILES string of the molecule is CC[Si](CC)(CC)C12C=CC(C)(O1)c1ccccc12. The van der Waals surface area contributed by atoms with E-state index >= 15 is 0 Å². The number of benzene rings is 1. The summed E-state index contributed by atoms with van der Waals surface area (Å²) in [5.41, 5.74) is 2.66. The summed E-state index contributed by atoms with van der Waals surface area (Å²) in [6, 6.07) is 12.7. The van der Waals surface area contributed by atoms with Crippen molar-refractivity contribution in [3.63, 3.8) is 0 Å². The van der Waals surface area contributed by atoms with Gasteiger partial charge in [-0.3, -0.25) is 0 Å². The second-order valence-corrected chi connectivity index (χ2v) is 11.6. The monoisotopic (exact) mass is 272 g/mol. The molecule has 2 atom stereocenters. The smallest absolute Gasteiger partial charge is 0.110 e. The lowest BCUT2D eigenvalue weighted by atomic mass is 9.88. The highest BCUT2D eigenvalue weighted by atomic mass is 28.3. The van der Waals surface area contributed by atoms with Crippen molar-refractivity contribution in [3.8, 4) is 0 Å². The van der Waals surface area contributed by atoms with E-state index in [1.165, 1.54) is 29.3 Å². The van der Waals surface area contributed by atoms with E-state index in [4.69, 9.17) is 4.74 Å². The Kier molecular flexibility index (Phi) is 2.81. The van der Waals surface area contributed by atoms with Crippen LogP contribution in [-0.2, 0) is 15.6 Å². The van der Waals surface area contributed by atoms with Gasteiger partial charge in [0.25, 0.3) is 0 Å².